The lowest BCUT2D eigenvalue weighted by atomic mass is 10.1. The summed E-state index contributed by atoms with van der Waals surface area (Å²) in [6.07, 6.45) is 0. The maximum Gasteiger partial charge on any atom is 0.166 e. The molecule has 0 aliphatic carbocycles. The van der Waals surface area contributed by atoms with Gasteiger partial charge in [0, 0.05) is 38.3 Å². The van der Waals surface area contributed by atoms with E-state index < -0.39 is 0 Å². The van der Waals surface area contributed by atoms with Crippen molar-refractivity contribution in [1.82, 2.24) is 10.2 Å². The summed E-state index contributed by atoms with van der Waals surface area (Å²) in [6.45, 7) is 9.09. The average molecular weight is 370 g/mol. The second-order valence-corrected chi connectivity index (χ2v) is 6.79. The van der Waals surface area contributed by atoms with E-state index in [0.717, 1.165) is 63.0 Å². The number of nitrogens with one attached hydrogen (secondary N) is 1. The molecule has 0 amide bonds. The predicted molar refractivity (Wildman–Crippen MR) is 107 cm³/mol. The topological polar surface area (TPSA) is 43.0 Å². The first-order chi connectivity index (χ1) is 13.3. The summed E-state index contributed by atoms with van der Waals surface area (Å²) in [4.78, 5) is 2.43. The number of morpholine rings is 1. The third-order valence-corrected chi connectivity index (χ3v) is 4.94. The van der Waals surface area contributed by atoms with Crippen molar-refractivity contribution in [2.24, 2.45) is 0 Å². The second-order valence-electron chi connectivity index (χ2n) is 6.79. The third kappa shape index (κ3) is 5.70. The standard InChI is InChI=1S/C22H30N2O3/c1-18-6-3-4-7-20(18)17-27-22-19(8-5-9-21(22)25-2)16-23-10-11-24-12-14-26-15-13-24/h3-9,23H,10-17H2,1-2H3. The van der Waals surface area contributed by atoms with Crippen LogP contribution in [-0.2, 0) is 17.9 Å². The number of aryl methyl sites for hydroxylation is 1. The Kier molecular flexibility index (Phi) is 7.51. The molecule has 1 N–H and O–H groups in total. The van der Waals surface area contributed by atoms with E-state index in [1.807, 2.05) is 24.3 Å². The number of nitrogens with zero attached hydrogens (tertiary/aromatic N) is 1. The van der Waals surface area contributed by atoms with Crippen LogP contribution in [0.2, 0.25) is 0 Å². The Bertz CT molecular complexity index is 714. The molecule has 0 atom stereocenters. The molecule has 0 unspecified atom stereocenters. The lowest BCUT2D eigenvalue weighted by molar-refractivity contribution is 0.0384. The van der Waals surface area contributed by atoms with Gasteiger partial charge in [0.25, 0.3) is 0 Å². The quantitative estimate of drug-likeness (QED) is 0.688. The number of para-hydroxylation sites is 1. The number of hydrogen-bond acceptors (Lipinski definition) is 5. The smallest absolute Gasteiger partial charge is 0.166 e. The van der Waals surface area contributed by atoms with Gasteiger partial charge in [0.05, 0.1) is 20.3 Å². The molecule has 1 saturated heterocycles. The second kappa shape index (κ2) is 10.3. The van der Waals surface area contributed by atoms with E-state index in [1.165, 1.54) is 11.1 Å². The summed E-state index contributed by atoms with van der Waals surface area (Å²) in [5, 5.41) is 3.53. The largest absolute Gasteiger partial charge is 0.493 e. The first kappa shape index (κ1) is 19.7. The van der Waals surface area contributed by atoms with Gasteiger partial charge in [-0.3, -0.25) is 4.90 Å². The molecule has 146 valence electrons. The minimum atomic E-state index is 0.536. The van der Waals surface area contributed by atoms with E-state index in [-0.39, 0.29) is 0 Å². The Morgan fingerprint density at radius 1 is 1.04 bits per heavy atom. The minimum absolute atomic E-state index is 0.536. The van der Waals surface area contributed by atoms with Gasteiger partial charge in [-0.2, -0.15) is 0 Å². The van der Waals surface area contributed by atoms with Gasteiger partial charge in [0.15, 0.2) is 11.5 Å². The number of benzene rings is 2. The van der Waals surface area contributed by atoms with Crippen LogP contribution in [0.3, 0.4) is 0 Å². The molecule has 3 rings (SSSR count). The predicted octanol–water partition coefficient (Wildman–Crippen LogP) is 3.00. The molecule has 5 nitrogen and oxygen atoms in total. The van der Waals surface area contributed by atoms with Crippen molar-refractivity contribution in [2.45, 2.75) is 20.1 Å². The molecule has 0 bridgehead atoms. The van der Waals surface area contributed by atoms with Crippen LogP contribution in [-0.4, -0.2) is 51.4 Å². The van der Waals surface area contributed by atoms with E-state index in [2.05, 4.69) is 35.3 Å². The van der Waals surface area contributed by atoms with E-state index in [0.29, 0.717) is 6.61 Å². The monoisotopic (exact) mass is 370 g/mol. The van der Waals surface area contributed by atoms with Crippen molar-refractivity contribution in [3.8, 4) is 11.5 Å². The Morgan fingerprint density at radius 2 is 1.81 bits per heavy atom. The van der Waals surface area contributed by atoms with Crippen LogP contribution in [0.15, 0.2) is 42.5 Å². The Hall–Kier alpha value is -2.08. The summed E-state index contributed by atoms with van der Waals surface area (Å²) in [5.74, 6) is 1.60. The van der Waals surface area contributed by atoms with Crippen LogP contribution in [0.25, 0.3) is 0 Å². The molecule has 1 aliphatic rings. The van der Waals surface area contributed by atoms with Gasteiger partial charge < -0.3 is 19.5 Å². The highest BCUT2D eigenvalue weighted by Crippen LogP contribution is 2.32. The molecule has 0 radical (unpaired) electrons. The van der Waals surface area contributed by atoms with Crippen LogP contribution >= 0.6 is 0 Å². The minimum Gasteiger partial charge on any atom is -0.493 e. The Morgan fingerprint density at radius 3 is 2.59 bits per heavy atom. The van der Waals surface area contributed by atoms with E-state index >= 15 is 0 Å². The first-order valence-electron chi connectivity index (χ1n) is 9.62. The van der Waals surface area contributed by atoms with Crippen molar-refractivity contribution in [1.29, 1.82) is 0 Å². The number of methoxy groups -OCH3 is 1. The lowest BCUT2D eigenvalue weighted by Crippen LogP contribution is -2.40. The van der Waals surface area contributed by atoms with Crippen molar-refractivity contribution >= 4 is 0 Å². The number of rotatable bonds is 9. The van der Waals surface area contributed by atoms with E-state index in [9.17, 15) is 0 Å². The molecule has 1 aliphatic heterocycles. The molecule has 2 aromatic carbocycles. The summed E-state index contributed by atoms with van der Waals surface area (Å²) in [5.41, 5.74) is 3.54. The van der Waals surface area contributed by atoms with Crippen LogP contribution in [0.1, 0.15) is 16.7 Å². The van der Waals surface area contributed by atoms with Crippen molar-refractivity contribution in [2.75, 3.05) is 46.5 Å². The maximum absolute atomic E-state index is 6.18. The summed E-state index contributed by atoms with van der Waals surface area (Å²) < 4.78 is 17.1. The fourth-order valence-corrected chi connectivity index (χ4v) is 3.23. The van der Waals surface area contributed by atoms with Gasteiger partial charge in [-0.1, -0.05) is 36.4 Å². The van der Waals surface area contributed by atoms with Crippen LogP contribution < -0.4 is 14.8 Å². The molecule has 0 aromatic heterocycles. The molecule has 1 fully saturated rings. The summed E-state index contributed by atoms with van der Waals surface area (Å²) >= 11 is 0. The van der Waals surface area contributed by atoms with Gasteiger partial charge in [0.2, 0.25) is 0 Å². The zero-order chi connectivity index (χ0) is 18.9. The summed E-state index contributed by atoms with van der Waals surface area (Å²) in [6, 6.07) is 14.4. The van der Waals surface area contributed by atoms with Gasteiger partial charge in [-0.25, -0.2) is 0 Å². The maximum atomic E-state index is 6.18. The molecular weight excluding hydrogens is 340 g/mol. The fraction of sp³-hybridized carbons (Fsp3) is 0.455. The third-order valence-electron chi connectivity index (χ3n) is 4.94. The summed E-state index contributed by atoms with van der Waals surface area (Å²) in [7, 11) is 1.69. The van der Waals surface area contributed by atoms with E-state index in [1.54, 1.807) is 7.11 Å². The fourth-order valence-electron chi connectivity index (χ4n) is 3.23. The van der Waals surface area contributed by atoms with Crippen molar-refractivity contribution in [3.63, 3.8) is 0 Å². The first-order valence-corrected chi connectivity index (χ1v) is 9.62. The Balaban J connectivity index is 1.58. The number of ether oxygens (including phenoxy) is 3. The molecule has 0 spiro atoms. The normalized spacial score (nSPS) is 14.9. The highest BCUT2D eigenvalue weighted by molar-refractivity contribution is 5.46. The van der Waals surface area contributed by atoms with Crippen LogP contribution in [0, 0.1) is 6.92 Å². The zero-order valence-electron chi connectivity index (χ0n) is 16.4. The SMILES string of the molecule is COc1cccc(CNCCN2CCOCC2)c1OCc1ccccc1C. The van der Waals surface area contributed by atoms with Crippen molar-refractivity contribution < 1.29 is 14.2 Å². The molecule has 27 heavy (non-hydrogen) atoms. The van der Waals surface area contributed by atoms with Crippen LogP contribution in [0.4, 0.5) is 0 Å². The molecule has 1 heterocycles. The average Bonchev–Trinajstić information content (AvgIpc) is 2.71. The molecule has 0 saturated carbocycles. The molecular formula is C22H30N2O3. The van der Waals surface area contributed by atoms with E-state index in [4.69, 9.17) is 14.2 Å². The zero-order valence-corrected chi connectivity index (χ0v) is 16.4. The highest BCUT2D eigenvalue weighted by atomic mass is 16.5. The molecule has 2 aromatic rings. The van der Waals surface area contributed by atoms with Gasteiger partial charge in [-0.15, -0.1) is 0 Å². The number of hydrogen-bond donors (Lipinski definition) is 1. The van der Waals surface area contributed by atoms with Crippen LogP contribution in [0.5, 0.6) is 11.5 Å². The van der Waals surface area contributed by atoms with Gasteiger partial charge in [-0.05, 0) is 24.1 Å². The lowest BCUT2D eigenvalue weighted by Gasteiger charge is -2.26. The van der Waals surface area contributed by atoms with Gasteiger partial charge >= 0.3 is 0 Å². The van der Waals surface area contributed by atoms with Crippen molar-refractivity contribution in [3.05, 3.63) is 59.2 Å². The highest BCUT2D eigenvalue weighted by Gasteiger charge is 2.12. The Labute approximate surface area is 162 Å². The molecule has 5 heteroatoms. The van der Waals surface area contributed by atoms with Gasteiger partial charge in [0.1, 0.15) is 6.61 Å².